The van der Waals surface area contributed by atoms with Gasteiger partial charge in [0.1, 0.15) is 11.1 Å². The number of nitrogens with one attached hydrogen (secondary N) is 2. The molecule has 168 valence electrons. The Bertz CT molecular complexity index is 1000. The third kappa shape index (κ3) is 6.79. The molecule has 0 aromatic heterocycles. The summed E-state index contributed by atoms with van der Waals surface area (Å²) in [5.74, 6) is -3.48. The highest BCUT2D eigenvalue weighted by Crippen LogP contribution is 2.26. The van der Waals surface area contributed by atoms with Crippen molar-refractivity contribution in [3.63, 3.8) is 0 Å². The maximum absolute atomic E-state index is 12.3. The van der Waals surface area contributed by atoms with Crippen LogP contribution >= 0.6 is 23.2 Å². The quantitative estimate of drug-likeness (QED) is 0.553. The number of carbonyl (C=O) groups excluding carboxylic acids is 5. The van der Waals surface area contributed by atoms with Crippen LogP contribution in [0.4, 0.5) is 11.4 Å². The SMILES string of the molecule is CC(=O)Nc1cccc(Cl)c1C(=O)OCC(=O)COC(=O)c1c(Cl)cccc1NC(C)=O. The lowest BCUT2D eigenvalue weighted by molar-refractivity contribution is -0.125. The first-order chi connectivity index (χ1) is 15.1. The normalized spacial score (nSPS) is 10.1. The molecule has 0 aliphatic heterocycles. The molecule has 0 saturated carbocycles. The molecule has 2 aromatic carbocycles. The lowest BCUT2D eigenvalue weighted by atomic mass is 10.1. The molecule has 0 fully saturated rings. The molecule has 0 bridgehead atoms. The first-order valence-electron chi connectivity index (χ1n) is 9.08. The number of amides is 2. The van der Waals surface area contributed by atoms with E-state index >= 15 is 0 Å². The van der Waals surface area contributed by atoms with Gasteiger partial charge >= 0.3 is 11.9 Å². The van der Waals surface area contributed by atoms with Crippen molar-refractivity contribution >= 4 is 64.1 Å². The molecule has 32 heavy (non-hydrogen) atoms. The fraction of sp³-hybridized carbons (Fsp3) is 0.190. The van der Waals surface area contributed by atoms with E-state index in [0.717, 1.165) is 0 Å². The molecule has 9 nitrogen and oxygen atoms in total. The number of hydrogen-bond acceptors (Lipinski definition) is 7. The van der Waals surface area contributed by atoms with Crippen molar-refractivity contribution in [2.45, 2.75) is 13.8 Å². The molecule has 0 aliphatic rings. The molecule has 2 aromatic rings. The van der Waals surface area contributed by atoms with Crippen LogP contribution in [0.15, 0.2) is 36.4 Å². The zero-order valence-electron chi connectivity index (χ0n) is 17.0. The van der Waals surface area contributed by atoms with Crippen LogP contribution in [-0.4, -0.2) is 42.7 Å². The van der Waals surface area contributed by atoms with Gasteiger partial charge in [0.05, 0.1) is 21.4 Å². The van der Waals surface area contributed by atoms with Gasteiger partial charge in [-0.25, -0.2) is 9.59 Å². The molecule has 0 atom stereocenters. The van der Waals surface area contributed by atoms with Gasteiger partial charge in [-0.15, -0.1) is 0 Å². The van der Waals surface area contributed by atoms with Gasteiger partial charge in [0.25, 0.3) is 0 Å². The van der Waals surface area contributed by atoms with Crippen LogP contribution in [0.5, 0.6) is 0 Å². The Labute approximate surface area is 193 Å². The molecular weight excluding hydrogens is 463 g/mol. The smallest absolute Gasteiger partial charge is 0.342 e. The zero-order valence-corrected chi connectivity index (χ0v) is 18.5. The van der Waals surface area contributed by atoms with Crippen LogP contribution in [0.25, 0.3) is 0 Å². The number of rotatable bonds is 8. The molecule has 0 heterocycles. The molecule has 0 radical (unpaired) electrons. The molecule has 2 amide bonds. The molecule has 0 unspecified atom stereocenters. The summed E-state index contributed by atoms with van der Waals surface area (Å²) in [6.45, 7) is 1.09. The standard InChI is InChI=1S/C21H18Cl2N2O7/c1-11(26)24-16-7-3-5-14(22)18(16)20(29)31-9-13(28)10-32-21(30)19-15(23)6-4-8-17(19)25-12(2)27/h3-8H,9-10H2,1-2H3,(H,24,26)(H,25,27). The number of Topliss-reactive ketones (excluding diaryl/α,β-unsaturated/α-hetero) is 1. The van der Waals surface area contributed by atoms with E-state index in [4.69, 9.17) is 32.7 Å². The molecule has 2 rings (SSSR count). The van der Waals surface area contributed by atoms with E-state index < -0.39 is 42.7 Å². The fourth-order valence-electron chi connectivity index (χ4n) is 2.53. The first kappa shape index (κ1) is 24.8. The summed E-state index contributed by atoms with van der Waals surface area (Å²) < 4.78 is 9.86. The van der Waals surface area contributed by atoms with E-state index in [0.29, 0.717) is 0 Å². The number of ketones is 1. The van der Waals surface area contributed by atoms with Crippen LogP contribution in [0.1, 0.15) is 34.6 Å². The summed E-state index contributed by atoms with van der Waals surface area (Å²) in [6.07, 6.45) is 0. The summed E-state index contributed by atoms with van der Waals surface area (Å²) in [7, 11) is 0. The molecule has 0 aliphatic carbocycles. The van der Waals surface area contributed by atoms with Gasteiger partial charge in [0.15, 0.2) is 13.2 Å². The molecular formula is C21H18Cl2N2O7. The Morgan fingerprint density at radius 2 is 1.09 bits per heavy atom. The Morgan fingerprint density at radius 1 is 0.719 bits per heavy atom. The summed E-state index contributed by atoms with van der Waals surface area (Å²) in [5.41, 5.74) is 0.00606. The van der Waals surface area contributed by atoms with Gasteiger partial charge in [0.2, 0.25) is 17.6 Å². The summed E-state index contributed by atoms with van der Waals surface area (Å²) >= 11 is 12.0. The van der Waals surface area contributed by atoms with Crippen molar-refractivity contribution in [1.82, 2.24) is 0 Å². The highest BCUT2D eigenvalue weighted by molar-refractivity contribution is 6.35. The minimum Gasteiger partial charge on any atom is -0.454 e. The van der Waals surface area contributed by atoms with E-state index in [2.05, 4.69) is 10.6 Å². The van der Waals surface area contributed by atoms with E-state index in [-0.39, 0.29) is 32.5 Å². The average Bonchev–Trinajstić information content (AvgIpc) is 2.69. The Kier molecular flexibility index (Phi) is 8.74. The lowest BCUT2D eigenvalue weighted by Gasteiger charge is -2.12. The number of halogens is 2. The second-order valence-corrected chi connectivity index (χ2v) is 7.19. The van der Waals surface area contributed by atoms with Crippen molar-refractivity contribution in [3.05, 3.63) is 57.6 Å². The maximum atomic E-state index is 12.3. The van der Waals surface area contributed by atoms with Crippen molar-refractivity contribution in [1.29, 1.82) is 0 Å². The minimum absolute atomic E-state index is 0.0179. The van der Waals surface area contributed by atoms with Gasteiger partial charge < -0.3 is 20.1 Å². The number of benzene rings is 2. The van der Waals surface area contributed by atoms with Crippen molar-refractivity contribution in [2.75, 3.05) is 23.8 Å². The van der Waals surface area contributed by atoms with Crippen molar-refractivity contribution in [2.24, 2.45) is 0 Å². The number of ether oxygens (including phenoxy) is 2. The van der Waals surface area contributed by atoms with Crippen LogP contribution in [0.3, 0.4) is 0 Å². The van der Waals surface area contributed by atoms with Crippen molar-refractivity contribution < 1.29 is 33.4 Å². The molecule has 11 heteroatoms. The monoisotopic (exact) mass is 480 g/mol. The number of esters is 2. The van der Waals surface area contributed by atoms with Gasteiger partial charge in [-0.3, -0.25) is 14.4 Å². The largest absolute Gasteiger partial charge is 0.454 e. The second-order valence-electron chi connectivity index (χ2n) is 6.38. The van der Waals surface area contributed by atoms with E-state index in [1.54, 1.807) is 0 Å². The summed E-state index contributed by atoms with van der Waals surface area (Å²) in [4.78, 5) is 59.3. The highest BCUT2D eigenvalue weighted by Gasteiger charge is 2.21. The predicted molar refractivity (Wildman–Crippen MR) is 117 cm³/mol. The second kappa shape index (κ2) is 11.3. The Morgan fingerprint density at radius 3 is 1.44 bits per heavy atom. The zero-order chi connectivity index (χ0) is 23.8. The molecule has 2 N–H and O–H groups in total. The third-order valence-electron chi connectivity index (χ3n) is 3.79. The Hall–Kier alpha value is -3.43. The van der Waals surface area contributed by atoms with Crippen LogP contribution in [-0.2, 0) is 23.9 Å². The van der Waals surface area contributed by atoms with E-state index in [9.17, 15) is 24.0 Å². The minimum atomic E-state index is -0.946. The van der Waals surface area contributed by atoms with Gasteiger partial charge in [0, 0.05) is 13.8 Å². The molecule has 0 saturated heterocycles. The van der Waals surface area contributed by atoms with Gasteiger partial charge in [-0.05, 0) is 24.3 Å². The topological polar surface area (TPSA) is 128 Å². The first-order valence-corrected chi connectivity index (χ1v) is 9.84. The lowest BCUT2D eigenvalue weighted by Crippen LogP contribution is -2.22. The average molecular weight is 481 g/mol. The van der Waals surface area contributed by atoms with Crippen LogP contribution < -0.4 is 10.6 Å². The number of carbonyl (C=O) groups is 5. The number of hydrogen-bond donors (Lipinski definition) is 2. The highest BCUT2D eigenvalue weighted by atomic mass is 35.5. The van der Waals surface area contributed by atoms with Crippen molar-refractivity contribution in [3.8, 4) is 0 Å². The Balaban J connectivity index is 1.99. The van der Waals surface area contributed by atoms with E-state index in [1.165, 1.54) is 50.2 Å². The third-order valence-corrected chi connectivity index (χ3v) is 4.42. The van der Waals surface area contributed by atoms with Crippen LogP contribution in [0, 0.1) is 0 Å². The summed E-state index contributed by atoms with van der Waals surface area (Å²) in [6, 6.07) is 8.79. The number of anilines is 2. The predicted octanol–water partition coefficient (Wildman–Crippen LogP) is 3.49. The van der Waals surface area contributed by atoms with Crippen LogP contribution in [0.2, 0.25) is 10.0 Å². The fourth-order valence-corrected chi connectivity index (χ4v) is 3.03. The maximum Gasteiger partial charge on any atom is 0.342 e. The summed E-state index contributed by atoms with van der Waals surface area (Å²) in [5, 5.41) is 4.92. The van der Waals surface area contributed by atoms with Gasteiger partial charge in [-0.2, -0.15) is 0 Å². The molecule has 0 spiro atoms. The van der Waals surface area contributed by atoms with E-state index in [1.807, 2.05) is 0 Å². The van der Waals surface area contributed by atoms with Gasteiger partial charge in [-0.1, -0.05) is 35.3 Å².